The summed E-state index contributed by atoms with van der Waals surface area (Å²) < 4.78 is 27.3. The lowest BCUT2D eigenvalue weighted by atomic mass is 10.2. The molecule has 0 aliphatic heterocycles. The number of benzene rings is 1. The number of anilines is 2. The van der Waals surface area contributed by atoms with Crippen molar-refractivity contribution in [2.45, 2.75) is 4.90 Å². The standard InChI is InChI=1S/C18H16ClN5O2S2/c1-23(2)28(25,26)14-5-3-13(4-6-14)21-17-9-16(19)22-18-15(10-20-24(17)18)12-7-8-27-11-12/h3-11,21H,1-2H3. The zero-order valence-electron chi connectivity index (χ0n) is 15.0. The van der Waals surface area contributed by atoms with E-state index in [0.29, 0.717) is 22.3 Å². The van der Waals surface area contributed by atoms with Crippen molar-refractivity contribution in [3.05, 3.63) is 58.5 Å². The van der Waals surface area contributed by atoms with E-state index < -0.39 is 10.0 Å². The van der Waals surface area contributed by atoms with Crippen LogP contribution in [-0.2, 0) is 10.0 Å². The molecule has 0 spiro atoms. The highest BCUT2D eigenvalue weighted by Crippen LogP contribution is 2.29. The number of aromatic nitrogens is 3. The number of thiophene rings is 1. The fraction of sp³-hybridized carbons (Fsp3) is 0.111. The first kappa shape index (κ1) is 18.9. The third-order valence-electron chi connectivity index (χ3n) is 4.18. The molecule has 1 N–H and O–H groups in total. The van der Waals surface area contributed by atoms with Crippen LogP contribution in [0, 0.1) is 0 Å². The molecule has 10 heteroatoms. The van der Waals surface area contributed by atoms with E-state index in [0.717, 1.165) is 11.1 Å². The van der Waals surface area contributed by atoms with Gasteiger partial charge in [-0.3, -0.25) is 0 Å². The van der Waals surface area contributed by atoms with Gasteiger partial charge in [-0.2, -0.15) is 21.0 Å². The van der Waals surface area contributed by atoms with Crippen LogP contribution in [0.15, 0.2) is 58.3 Å². The van der Waals surface area contributed by atoms with E-state index in [1.165, 1.54) is 18.4 Å². The molecular formula is C18H16ClN5O2S2. The summed E-state index contributed by atoms with van der Waals surface area (Å²) in [6, 6.07) is 10.2. The summed E-state index contributed by atoms with van der Waals surface area (Å²) in [7, 11) is -0.472. The molecular weight excluding hydrogens is 418 g/mol. The molecule has 3 heterocycles. The molecule has 0 amide bonds. The van der Waals surface area contributed by atoms with Crippen LogP contribution in [-0.4, -0.2) is 41.4 Å². The van der Waals surface area contributed by atoms with E-state index in [4.69, 9.17) is 11.6 Å². The topological polar surface area (TPSA) is 79.6 Å². The largest absolute Gasteiger partial charge is 0.340 e. The monoisotopic (exact) mass is 433 g/mol. The number of hydrogen-bond acceptors (Lipinski definition) is 6. The maximum Gasteiger partial charge on any atom is 0.242 e. The number of halogens is 1. The second kappa shape index (κ2) is 7.17. The average molecular weight is 434 g/mol. The average Bonchev–Trinajstić information content (AvgIpc) is 3.31. The lowest BCUT2D eigenvalue weighted by molar-refractivity contribution is 0.521. The Morgan fingerprint density at radius 3 is 2.57 bits per heavy atom. The summed E-state index contributed by atoms with van der Waals surface area (Å²) in [4.78, 5) is 4.63. The summed E-state index contributed by atoms with van der Waals surface area (Å²) >= 11 is 7.82. The van der Waals surface area contributed by atoms with Crippen molar-refractivity contribution < 1.29 is 8.42 Å². The van der Waals surface area contributed by atoms with E-state index in [-0.39, 0.29) is 4.90 Å². The Bertz CT molecular complexity index is 1230. The zero-order valence-corrected chi connectivity index (χ0v) is 17.4. The molecule has 0 bridgehead atoms. The summed E-state index contributed by atoms with van der Waals surface area (Å²) in [5.41, 5.74) is 3.26. The molecule has 0 fully saturated rings. The minimum Gasteiger partial charge on any atom is -0.340 e. The smallest absolute Gasteiger partial charge is 0.242 e. The van der Waals surface area contributed by atoms with Crippen molar-refractivity contribution in [3.63, 3.8) is 0 Å². The van der Waals surface area contributed by atoms with Crippen LogP contribution in [0.25, 0.3) is 16.8 Å². The maximum atomic E-state index is 12.2. The fourth-order valence-electron chi connectivity index (χ4n) is 2.71. The molecule has 1 aromatic carbocycles. The molecule has 0 saturated heterocycles. The Labute approximate surface area is 171 Å². The molecule has 0 aliphatic rings. The molecule has 4 rings (SSSR count). The van der Waals surface area contributed by atoms with E-state index in [1.54, 1.807) is 52.4 Å². The lowest BCUT2D eigenvalue weighted by Crippen LogP contribution is -2.22. The van der Waals surface area contributed by atoms with Crippen LogP contribution in [0.5, 0.6) is 0 Å². The van der Waals surface area contributed by atoms with Gasteiger partial charge in [0.15, 0.2) is 5.65 Å². The quantitative estimate of drug-likeness (QED) is 0.479. The lowest BCUT2D eigenvalue weighted by Gasteiger charge is -2.13. The van der Waals surface area contributed by atoms with Crippen molar-refractivity contribution in [2.24, 2.45) is 0 Å². The number of nitrogens with one attached hydrogen (secondary N) is 1. The highest BCUT2D eigenvalue weighted by Gasteiger charge is 2.17. The van der Waals surface area contributed by atoms with E-state index in [9.17, 15) is 8.42 Å². The molecule has 28 heavy (non-hydrogen) atoms. The number of nitrogens with zero attached hydrogens (tertiary/aromatic N) is 4. The molecule has 0 saturated carbocycles. The van der Waals surface area contributed by atoms with Gasteiger partial charge in [-0.1, -0.05) is 11.6 Å². The maximum absolute atomic E-state index is 12.2. The first-order valence-corrected chi connectivity index (χ1v) is 11.0. The third-order valence-corrected chi connectivity index (χ3v) is 6.88. The Hall–Kier alpha value is -2.46. The van der Waals surface area contributed by atoms with Gasteiger partial charge in [0, 0.05) is 31.4 Å². The summed E-state index contributed by atoms with van der Waals surface area (Å²) in [5, 5.41) is 12.0. The van der Waals surface area contributed by atoms with Crippen LogP contribution in [0.2, 0.25) is 5.15 Å². The SMILES string of the molecule is CN(C)S(=O)(=O)c1ccc(Nc2cc(Cl)nc3c(-c4ccsc4)cnn23)cc1. The number of rotatable bonds is 5. The summed E-state index contributed by atoms with van der Waals surface area (Å²) in [5.74, 6) is 0.625. The third kappa shape index (κ3) is 3.37. The van der Waals surface area contributed by atoms with Gasteiger partial charge in [-0.25, -0.2) is 17.7 Å². The first-order valence-electron chi connectivity index (χ1n) is 8.23. The summed E-state index contributed by atoms with van der Waals surface area (Å²) in [6.07, 6.45) is 1.75. The molecule has 7 nitrogen and oxygen atoms in total. The van der Waals surface area contributed by atoms with Gasteiger partial charge in [0.25, 0.3) is 0 Å². The molecule has 0 radical (unpaired) electrons. The normalized spacial score (nSPS) is 12.0. The minimum absolute atomic E-state index is 0.222. The van der Waals surface area contributed by atoms with Gasteiger partial charge in [0.1, 0.15) is 11.0 Å². The Morgan fingerprint density at radius 1 is 1.18 bits per heavy atom. The number of fused-ring (bicyclic) bond motifs is 1. The highest BCUT2D eigenvalue weighted by atomic mass is 35.5. The Kier molecular flexibility index (Phi) is 4.84. The van der Waals surface area contributed by atoms with Gasteiger partial charge < -0.3 is 5.32 Å². The summed E-state index contributed by atoms with van der Waals surface area (Å²) in [6.45, 7) is 0. The van der Waals surface area contributed by atoms with E-state index in [1.807, 2.05) is 16.8 Å². The molecule has 3 aromatic heterocycles. The van der Waals surface area contributed by atoms with Crippen LogP contribution >= 0.6 is 22.9 Å². The predicted molar refractivity (Wildman–Crippen MR) is 112 cm³/mol. The van der Waals surface area contributed by atoms with Crippen molar-refractivity contribution in [1.29, 1.82) is 0 Å². The molecule has 0 unspecified atom stereocenters. The molecule has 0 aliphatic carbocycles. The fourth-order valence-corrected chi connectivity index (χ4v) is 4.45. The Morgan fingerprint density at radius 2 is 1.93 bits per heavy atom. The number of sulfonamides is 1. The molecule has 144 valence electrons. The van der Waals surface area contributed by atoms with Gasteiger partial charge in [-0.15, -0.1) is 0 Å². The van der Waals surface area contributed by atoms with Gasteiger partial charge in [-0.05, 0) is 46.7 Å². The van der Waals surface area contributed by atoms with Gasteiger partial charge in [0.05, 0.1) is 11.1 Å². The van der Waals surface area contributed by atoms with Crippen LogP contribution in [0.4, 0.5) is 11.5 Å². The molecule has 4 aromatic rings. The molecule has 0 atom stereocenters. The van der Waals surface area contributed by atoms with Gasteiger partial charge >= 0.3 is 0 Å². The van der Waals surface area contributed by atoms with E-state index >= 15 is 0 Å². The highest BCUT2D eigenvalue weighted by molar-refractivity contribution is 7.89. The zero-order chi connectivity index (χ0) is 19.9. The van der Waals surface area contributed by atoms with Crippen LogP contribution < -0.4 is 5.32 Å². The predicted octanol–water partition coefficient (Wildman–Crippen LogP) is 4.11. The van der Waals surface area contributed by atoms with Crippen molar-refractivity contribution in [2.75, 3.05) is 19.4 Å². The van der Waals surface area contributed by atoms with Crippen molar-refractivity contribution >= 4 is 50.1 Å². The van der Waals surface area contributed by atoms with Crippen LogP contribution in [0.1, 0.15) is 0 Å². The Balaban J connectivity index is 1.71. The van der Waals surface area contributed by atoms with Gasteiger partial charge in [0.2, 0.25) is 10.0 Å². The number of hydrogen-bond donors (Lipinski definition) is 1. The minimum atomic E-state index is -3.47. The van der Waals surface area contributed by atoms with Crippen LogP contribution in [0.3, 0.4) is 0 Å². The van der Waals surface area contributed by atoms with E-state index in [2.05, 4.69) is 15.4 Å². The second-order valence-corrected chi connectivity index (χ2v) is 9.53. The first-order chi connectivity index (χ1) is 13.4. The van der Waals surface area contributed by atoms with Crippen molar-refractivity contribution in [1.82, 2.24) is 18.9 Å². The second-order valence-electron chi connectivity index (χ2n) is 6.21. The van der Waals surface area contributed by atoms with Crippen molar-refractivity contribution in [3.8, 4) is 11.1 Å².